The molecule has 1 aliphatic carbocycles. The number of hydrogen-bond donors (Lipinski definition) is 1. The maximum absolute atomic E-state index is 12.5. The van der Waals surface area contributed by atoms with Crippen LogP contribution in [0.3, 0.4) is 0 Å². The van der Waals surface area contributed by atoms with E-state index in [1.165, 1.54) is 11.1 Å². The minimum Gasteiger partial charge on any atom is -0.481 e. The molecule has 2 aromatic carbocycles. The van der Waals surface area contributed by atoms with Crippen LogP contribution < -0.4 is 10.1 Å². The molecule has 3 rings (SSSR count). The SMILES string of the molecule is Cc1cccc(O[C@H](C)C(=O)N[C@@H]2CCCc3ccccc32)c1. The molecule has 23 heavy (non-hydrogen) atoms. The highest BCUT2D eigenvalue weighted by Gasteiger charge is 2.24. The molecule has 0 aliphatic heterocycles. The Labute approximate surface area is 137 Å². The van der Waals surface area contributed by atoms with Crippen molar-refractivity contribution in [2.45, 2.75) is 45.3 Å². The van der Waals surface area contributed by atoms with Gasteiger partial charge in [0.05, 0.1) is 6.04 Å². The molecule has 0 spiro atoms. The second-order valence-corrected chi connectivity index (χ2v) is 6.23. The number of hydrogen-bond acceptors (Lipinski definition) is 2. The van der Waals surface area contributed by atoms with Crippen molar-refractivity contribution < 1.29 is 9.53 Å². The van der Waals surface area contributed by atoms with Crippen molar-refractivity contribution in [2.75, 3.05) is 0 Å². The molecule has 0 aromatic heterocycles. The van der Waals surface area contributed by atoms with Crippen LogP contribution in [-0.2, 0) is 11.2 Å². The van der Waals surface area contributed by atoms with E-state index in [-0.39, 0.29) is 11.9 Å². The second-order valence-electron chi connectivity index (χ2n) is 6.23. The number of fused-ring (bicyclic) bond motifs is 1. The molecule has 0 heterocycles. The molecule has 3 heteroatoms. The summed E-state index contributed by atoms with van der Waals surface area (Å²) >= 11 is 0. The number of carbonyl (C=O) groups is 1. The van der Waals surface area contributed by atoms with E-state index >= 15 is 0 Å². The summed E-state index contributed by atoms with van der Waals surface area (Å²) in [5.74, 6) is 0.671. The van der Waals surface area contributed by atoms with Gasteiger partial charge >= 0.3 is 0 Å². The van der Waals surface area contributed by atoms with Gasteiger partial charge in [-0.1, -0.05) is 36.4 Å². The van der Waals surface area contributed by atoms with Crippen molar-refractivity contribution in [2.24, 2.45) is 0 Å². The molecule has 0 saturated carbocycles. The van der Waals surface area contributed by atoms with Crippen LogP contribution in [-0.4, -0.2) is 12.0 Å². The fourth-order valence-corrected chi connectivity index (χ4v) is 3.14. The van der Waals surface area contributed by atoms with Crippen LogP contribution in [0.5, 0.6) is 5.75 Å². The Morgan fingerprint density at radius 3 is 2.87 bits per heavy atom. The first-order chi connectivity index (χ1) is 11.1. The smallest absolute Gasteiger partial charge is 0.261 e. The van der Waals surface area contributed by atoms with Crippen molar-refractivity contribution in [1.82, 2.24) is 5.32 Å². The molecule has 1 N–H and O–H groups in total. The summed E-state index contributed by atoms with van der Waals surface area (Å²) in [5, 5.41) is 3.15. The summed E-state index contributed by atoms with van der Waals surface area (Å²) in [6.45, 7) is 3.81. The molecular formula is C20H23NO2. The van der Waals surface area contributed by atoms with Crippen molar-refractivity contribution in [3.05, 3.63) is 65.2 Å². The van der Waals surface area contributed by atoms with E-state index in [4.69, 9.17) is 4.74 Å². The van der Waals surface area contributed by atoms with Gasteiger partial charge in [0, 0.05) is 0 Å². The van der Waals surface area contributed by atoms with Crippen LogP contribution >= 0.6 is 0 Å². The van der Waals surface area contributed by atoms with Gasteiger partial charge in [0.15, 0.2) is 6.10 Å². The van der Waals surface area contributed by atoms with Gasteiger partial charge in [-0.05, 0) is 61.9 Å². The Morgan fingerprint density at radius 2 is 2.04 bits per heavy atom. The maximum atomic E-state index is 12.5. The van der Waals surface area contributed by atoms with Crippen LogP contribution in [0.1, 0.15) is 42.5 Å². The standard InChI is InChI=1S/C20H23NO2/c1-14-7-5-10-17(13-14)23-15(2)20(22)21-19-12-6-9-16-8-3-4-11-18(16)19/h3-5,7-8,10-11,13,15,19H,6,9,12H2,1-2H3,(H,21,22)/t15-,19-/m1/s1. The molecule has 120 valence electrons. The topological polar surface area (TPSA) is 38.3 Å². The zero-order valence-electron chi connectivity index (χ0n) is 13.7. The third-order valence-electron chi connectivity index (χ3n) is 4.36. The lowest BCUT2D eigenvalue weighted by atomic mass is 9.87. The fourth-order valence-electron chi connectivity index (χ4n) is 3.14. The monoisotopic (exact) mass is 309 g/mol. The number of ether oxygens (including phenoxy) is 1. The van der Waals surface area contributed by atoms with Gasteiger partial charge in [0.25, 0.3) is 5.91 Å². The fraction of sp³-hybridized carbons (Fsp3) is 0.350. The van der Waals surface area contributed by atoms with Crippen LogP contribution in [0.25, 0.3) is 0 Å². The number of aryl methyl sites for hydroxylation is 2. The molecule has 1 amide bonds. The summed E-state index contributed by atoms with van der Waals surface area (Å²) in [6, 6.07) is 16.2. The third kappa shape index (κ3) is 3.73. The quantitative estimate of drug-likeness (QED) is 0.928. The molecule has 0 bridgehead atoms. The van der Waals surface area contributed by atoms with Crippen LogP contribution in [0.2, 0.25) is 0 Å². The molecule has 1 aliphatic rings. The Balaban J connectivity index is 1.65. The van der Waals surface area contributed by atoms with E-state index in [9.17, 15) is 4.79 Å². The highest BCUT2D eigenvalue weighted by molar-refractivity contribution is 5.81. The first-order valence-electron chi connectivity index (χ1n) is 8.25. The zero-order valence-corrected chi connectivity index (χ0v) is 13.7. The lowest BCUT2D eigenvalue weighted by Gasteiger charge is -2.27. The normalized spacial score (nSPS) is 17.9. The highest BCUT2D eigenvalue weighted by Crippen LogP contribution is 2.29. The molecule has 0 radical (unpaired) electrons. The van der Waals surface area contributed by atoms with Gasteiger partial charge in [0.1, 0.15) is 5.75 Å². The number of nitrogens with one attached hydrogen (secondary N) is 1. The van der Waals surface area contributed by atoms with E-state index in [1.54, 1.807) is 6.92 Å². The zero-order chi connectivity index (χ0) is 16.2. The molecule has 3 nitrogen and oxygen atoms in total. The number of amides is 1. The first-order valence-corrected chi connectivity index (χ1v) is 8.25. The second kappa shape index (κ2) is 6.86. The number of rotatable bonds is 4. The minimum atomic E-state index is -0.508. The average molecular weight is 309 g/mol. The van der Waals surface area contributed by atoms with Gasteiger partial charge in [-0.3, -0.25) is 4.79 Å². The van der Waals surface area contributed by atoms with Crippen LogP contribution in [0, 0.1) is 6.92 Å². The van der Waals surface area contributed by atoms with Gasteiger partial charge in [-0.2, -0.15) is 0 Å². The molecule has 0 fully saturated rings. The van der Waals surface area contributed by atoms with Crippen LogP contribution in [0.15, 0.2) is 48.5 Å². The Morgan fingerprint density at radius 1 is 1.22 bits per heavy atom. The highest BCUT2D eigenvalue weighted by atomic mass is 16.5. The van der Waals surface area contributed by atoms with E-state index in [2.05, 4.69) is 23.5 Å². The van der Waals surface area contributed by atoms with Gasteiger partial charge < -0.3 is 10.1 Å². The molecule has 0 unspecified atom stereocenters. The van der Waals surface area contributed by atoms with E-state index in [0.717, 1.165) is 30.6 Å². The number of carbonyl (C=O) groups excluding carboxylic acids is 1. The van der Waals surface area contributed by atoms with Gasteiger partial charge in [0.2, 0.25) is 0 Å². The first kappa shape index (κ1) is 15.6. The van der Waals surface area contributed by atoms with Crippen molar-refractivity contribution in [3.63, 3.8) is 0 Å². The van der Waals surface area contributed by atoms with Crippen molar-refractivity contribution in [1.29, 1.82) is 0 Å². The largest absolute Gasteiger partial charge is 0.481 e. The molecule has 0 saturated heterocycles. The third-order valence-corrected chi connectivity index (χ3v) is 4.36. The van der Waals surface area contributed by atoms with Crippen LogP contribution in [0.4, 0.5) is 0 Å². The summed E-state index contributed by atoms with van der Waals surface area (Å²) < 4.78 is 5.77. The molecule has 2 atom stereocenters. The molecule has 2 aromatic rings. The van der Waals surface area contributed by atoms with Crippen molar-refractivity contribution in [3.8, 4) is 5.75 Å². The van der Waals surface area contributed by atoms with E-state index in [1.807, 2.05) is 37.3 Å². The van der Waals surface area contributed by atoms with Gasteiger partial charge in [-0.15, -0.1) is 0 Å². The Kier molecular flexibility index (Phi) is 4.65. The summed E-state index contributed by atoms with van der Waals surface area (Å²) in [5.41, 5.74) is 3.71. The van der Waals surface area contributed by atoms with Gasteiger partial charge in [-0.25, -0.2) is 0 Å². The lowest BCUT2D eigenvalue weighted by molar-refractivity contribution is -0.128. The summed E-state index contributed by atoms with van der Waals surface area (Å²) in [4.78, 5) is 12.5. The van der Waals surface area contributed by atoms with E-state index < -0.39 is 6.10 Å². The summed E-state index contributed by atoms with van der Waals surface area (Å²) in [7, 11) is 0. The molecular weight excluding hydrogens is 286 g/mol. The predicted octanol–water partition coefficient (Wildman–Crippen LogP) is 3.96. The predicted molar refractivity (Wildman–Crippen MR) is 91.5 cm³/mol. The minimum absolute atomic E-state index is 0.0618. The van der Waals surface area contributed by atoms with Crippen molar-refractivity contribution >= 4 is 5.91 Å². The maximum Gasteiger partial charge on any atom is 0.261 e. The summed E-state index contributed by atoms with van der Waals surface area (Å²) in [6.07, 6.45) is 2.68. The Hall–Kier alpha value is -2.29. The number of benzene rings is 2. The van der Waals surface area contributed by atoms with E-state index in [0.29, 0.717) is 0 Å². The average Bonchev–Trinajstić information content (AvgIpc) is 2.55. The lowest BCUT2D eigenvalue weighted by Crippen LogP contribution is -2.39. The Bertz CT molecular complexity index is 696.